The van der Waals surface area contributed by atoms with Crippen LogP contribution in [0.3, 0.4) is 0 Å². The van der Waals surface area contributed by atoms with E-state index in [-0.39, 0.29) is 42.1 Å². The van der Waals surface area contributed by atoms with E-state index < -0.39 is 0 Å². The molecule has 0 aromatic carbocycles. The first-order valence-corrected chi connectivity index (χ1v) is 0. The second kappa shape index (κ2) is 62.4. The molecule has 0 spiro atoms. The number of rotatable bonds is 0. The van der Waals surface area contributed by atoms with Crippen molar-refractivity contribution in [2.75, 3.05) is 0 Å². The second-order valence-corrected chi connectivity index (χ2v) is 0. The van der Waals surface area contributed by atoms with Gasteiger partial charge in [-0.15, -0.1) is 0 Å². The van der Waals surface area contributed by atoms with E-state index in [1.54, 1.807) is 0 Å². The third-order valence-electron chi connectivity index (χ3n) is 0. The van der Waals surface area contributed by atoms with Gasteiger partial charge in [0, 0.05) is 19.8 Å². The van der Waals surface area contributed by atoms with Gasteiger partial charge in [-0.3, -0.25) is 0 Å². The van der Waals surface area contributed by atoms with Crippen LogP contribution in [0, 0.1) is 0 Å². The molecule has 0 amide bonds. The van der Waals surface area contributed by atoms with Crippen LogP contribution in [-0.4, -0.2) is 19.8 Å². The first-order chi connectivity index (χ1) is 0. The maximum absolute atomic E-state index is 0. The zero-order chi connectivity index (χ0) is 0. The van der Waals surface area contributed by atoms with Gasteiger partial charge in [-0.2, -0.15) is 0 Å². The minimum absolute atomic E-state index is 0. The number of hydrogen-bond donors (Lipinski definition) is 0. The molecule has 1 heteroatoms. The molecule has 0 heterocycles. The van der Waals surface area contributed by atoms with Gasteiger partial charge in [0.25, 0.3) is 0 Å². The molecule has 0 aliphatic heterocycles. The fourth-order valence-electron chi connectivity index (χ4n) is 0. The molecule has 0 rings (SSSR count). The van der Waals surface area contributed by atoms with Crippen LogP contribution >= 0.6 is 0 Å². The Bertz CT molecular complexity index is 3.25. The van der Waals surface area contributed by atoms with E-state index in [0.29, 0.717) is 0 Å². The van der Waals surface area contributed by atoms with Crippen molar-refractivity contribution in [3.05, 3.63) is 0 Å². The Morgan fingerprint density at radius 2 is 0.500 bits per heavy atom. The fourth-order valence-corrected chi connectivity index (χ4v) is 0. The van der Waals surface area contributed by atoms with Crippen molar-refractivity contribution >= 4 is 19.8 Å². The summed E-state index contributed by atoms with van der Waals surface area (Å²) in [6, 6.07) is 0. The average Bonchev–Trinajstić information content (AvgIpc) is 0. The van der Waals surface area contributed by atoms with E-state index in [0.717, 1.165) is 0 Å². The molecule has 0 aromatic rings. The van der Waals surface area contributed by atoms with E-state index in [9.17, 15) is 0 Å². The van der Waals surface area contributed by atoms with Crippen molar-refractivity contribution in [1.82, 2.24) is 0 Å². The molecule has 3 radical (unpaired) electrons. The smallest absolute Gasteiger partial charge is 0 e. The van der Waals surface area contributed by atoms with Gasteiger partial charge in [0.1, 0.15) is 0 Å². The molecule has 0 bridgehead atoms. The summed E-state index contributed by atoms with van der Waals surface area (Å²) in [7, 11) is 0. The Labute approximate surface area is 42.7 Å². The number of hydrogen-bond acceptors (Lipinski definition) is 0. The van der Waals surface area contributed by atoms with Gasteiger partial charge < -0.3 is 0 Å². The molecular formula is C3H12Ga. The van der Waals surface area contributed by atoms with Gasteiger partial charge >= 0.3 is 0 Å². The van der Waals surface area contributed by atoms with Crippen molar-refractivity contribution < 1.29 is 0 Å². The molecule has 4 heavy (non-hydrogen) atoms. The van der Waals surface area contributed by atoms with Crippen molar-refractivity contribution in [3.63, 3.8) is 0 Å². The fraction of sp³-hybridized carbons (Fsp3) is 1.00. The third kappa shape index (κ3) is 17.4. The predicted molar refractivity (Wildman–Crippen MR) is 25.9 cm³/mol. The second-order valence-electron chi connectivity index (χ2n) is 0. The van der Waals surface area contributed by atoms with E-state index >= 15 is 0 Å². The summed E-state index contributed by atoms with van der Waals surface area (Å²) in [5, 5.41) is 0. The van der Waals surface area contributed by atoms with Gasteiger partial charge in [-0.25, -0.2) is 0 Å². The summed E-state index contributed by atoms with van der Waals surface area (Å²) < 4.78 is 0. The van der Waals surface area contributed by atoms with Gasteiger partial charge in [-0.1, -0.05) is 22.3 Å². The Kier molecular flexibility index (Phi) is 2360. The van der Waals surface area contributed by atoms with Gasteiger partial charge in [0.05, 0.1) is 0 Å². The zero-order valence-corrected chi connectivity index (χ0v) is 3.00. The van der Waals surface area contributed by atoms with E-state index in [1.165, 1.54) is 0 Å². The minimum atomic E-state index is 0. The summed E-state index contributed by atoms with van der Waals surface area (Å²) in [4.78, 5) is 0. The summed E-state index contributed by atoms with van der Waals surface area (Å²) in [6.45, 7) is 0. The minimum Gasteiger partial charge on any atom is -0.0776 e. The predicted octanol–water partition coefficient (Wildman–Crippen LogP) is 1.53. The Morgan fingerprint density at radius 3 is 0.500 bits per heavy atom. The van der Waals surface area contributed by atoms with Crippen LogP contribution < -0.4 is 0 Å². The maximum Gasteiger partial charge on any atom is 0 e. The first kappa shape index (κ1) is 151. The molecule has 27 valence electrons. The van der Waals surface area contributed by atoms with Crippen molar-refractivity contribution in [3.8, 4) is 0 Å². The molecular weight excluding hydrogens is 106 g/mol. The largest absolute Gasteiger partial charge is 0.0776 e. The molecule has 0 aliphatic carbocycles. The quantitative estimate of drug-likeness (QED) is 0.423. The SMILES string of the molecule is C.C.C.[Ga]. The van der Waals surface area contributed by atoms with Crippen LogP contribution in [0.15, 0.2) is 0 Å². The molecule has 0 aromatic heterocycles. The van der Waals surface area contributed by atoms with Gasteiger partial charge in [0.2, 0.25) is 0 Å². The molecule has 0 unspecified atom stereocenters. The molecule has 0 saturated heterocycles. The third-order valence-corrected chi connectivity index (χ3v) is 0. The first-order valence-electron chi connectivity index (χ1n) is 0. The zero-order valence-electron chi connectivity index (χ0n) is 0.577. The molecule has 0 saturated carbocycles. The summed E-state index contributed by atoms with van der Waals surface area (Å²) >= 11 is 0. The molecule has 0 fully saturated rings. The van der Waals surface area contributed by atoms with Gasteiger partial charge in [-0.05, 0) is 0 Å². The molecule has 0 aliphatic rings. The maximum atomic E-state index is 0. The van der Waals surface area contributed by atoms with Crippen molar-refractivity contribution in [2.45, 2.75) is 22.3 Å². The Balaban J connectivity index is 0. The monoisotopic (exact) mass is 117 g/mol. The van der Waals surface area contributed by atoms with E-state index in [2.05, 4.69) is 0 Å². The van der Waals surface area contributed by atoms with Crippen LogP contribution in [0.5, 0.6) is 0 Å². The standard InChI is InChI=1S/3CH4.Ga/h3*1H4;. The molecule has 0 atom stereocenters. The van der Waals surface area contributed by atoms with E-state index in [4.69, 9.17) is 0 Å². The topological polar surface area (TPSA) is 0 Å². The Hall–Kier alpha value is 0.636. The van der Waals surface area contributed by atoms with Crippen LogP contribution in [0.25, 0.3) is 0 Å². The molecule has 0 N–H and O–H groups in total. The van der Waals surface area contributed by atoms with Crippen LogP contribution in [0.4, 0.5) is 0 Å². The van der Waals surface area contributed by atoms with Gasteiger partial charge in [0.15, 0.2) is 0 Å². The van der Waals surface area contributed by atoms with Crippen molar-refractivity contribution in [2.24, 2.45) is 0 Å². The van der Waals surface area contributed by atoms with E-state index in [1.807, 2.05) is 0 Å². The summed E-state index contributed by atoms with van der Waals surface area (Å²) in [5.41, 5.74) is 0. The Morgan fingerprint density at radius 1 is 0.500 bits per heavy atom. The normalized spacial score (nSPS) is 0. The van der Waals surface area contributed by atoms with Crippen LogP contribution in [-0.2, 0) is 0 Å². The van der Waals surface area contributed by atoms with Crippen molar-refractivity contribution in [1.29, 1.82) is 0 Å². The molecule has 0 nitrogen and oxygen atoms in total. The van der Waals surface area contributed by atoms with Crippen LogP contribution in [0.1, 0.15) is 22.3 Å². The summed E-state index contributed by atoms with van der Waals surface area (Å²) in [5.74, 6) is 0. The summed E-state index contributed by atoms with van der Waals surface area (Å²) in [6.07, 6.45) is 0. The average molecular weight is 118 g/mol. The van der Waals surface area contributed by atoms with Crippen LogP contribution in [0.2, 0.25) is 0 Å².